The van der Waals surface area contributed by atoms with Gasteiger partial charge in [-0.05, 0) is 30.5 Å². The number of nitrogens with one attached hydrogen (secondary N) is 1. The average molecular weight is 230 g/mol. The minimum absolute atomic E-state index is 0.291. The van der Waals surface area contributed by atoms with Crippen molar-refractivity contribution in [2.45, 2.75) is 33.4 Å². The minimum Gasteiger partial charge on any atom is -0.310 e. The molecule has 0 spiro atoms. The molecule has 84 valence electrons. The third-order valence-corrected chi connectivity index (χ3v) is 2.98. The number of rotatable bonds is 4. The van der Waals surface area contributed by atoms with Crippen LogP contribution in [0.3, 0.4) is 0 Å². The molecule has 0 radical (unpaired) electrons. The van der Waals surface area contributed by atoms with Gasteiger partial charge in [-0.2, -0.15) is 0 Å². The molecule has 0 fully saturated rings. The first kappa shape index (κ1) is 12.5. The summed E-state index contributed by atoms with van der Waals surface area (Å²) >= 11 is 5.91. The SMILES string of the molecule is CC(C)C(C)NCc1ccc(F)cc1Cl. The highest BCUT2D eigenvalue weighted by Gasteiger charge is 2.07. The molecule has 0 aliphatic carbocycles. The van der Waals surface area contributed by atoms with Crippen molar-refractivity contribution in [1.82, 2.24) is 5.32 Å². The van der Waals surface area contributed by atoms with Crippen LogP contribution in [0.4, 0.5) is 4.39 Å². The van der Waals surface area contributed by atoms with Gasteiger partial charge in [-0.15, -0.1) is 0 Å². The molecule has 0 aliphatic heterocycles. The zero-order chi connectivity index (χ0) is 11.4. The molecule has 1 nitrogen and oxygen atoms in total. The fraction of sp³-hybridized carbons (Fsp3) is 0.500. The van der Waals surface area contributed by atoms with Crippen LogP contribution >= 0.6 is 11.6 Å². The molecular weight excluding hydrogens is 213 g/mol. The lowest BCUT2D eigenvalue weighted by Crippen LogP contribution is -2.30. The largest absolute Gasteiger partial charge is 0.310 e. The molecule has 0 heterocycles. The molecule has 1 unspecified atom stereocenters. The van der Waals surface area contributed by atoms with E-state index in [-0.39, 0.29) is 5.82 Å². The second kappa shape index (κ2) is 5.47. The summed E-state index contributed by atoms with van der Waals surface area (Å²) < 4.78 is 12.8. The Morgan fingerprint density at radius 1 is 1.33 bits per heavy atom. The zero-order valence-corrected chi connectivity index (χ0v) is 10.1. The molecule has 0 amide bonds. The Morgan fingerprint density at radius 3 is 2.53 bits per heavy atom. The first-order chi connectivity index (χ1) is 7.00. The summed E-state index contributed by atoms with van der Waals surface area (Å²) in [5.41, 5.74) is 0.936. The van der Waals surface area contributed by atoms with Gasteiger partial charge < -0.3 is 5.32 Å². The van der Waals surface area contributed by atoms with E-state index in [1.807, 2.05) is 0 Å². The molecule has 0 aromatic heterocycles. The number of hydrogen-bond acceptors (Lipinski definition) is 1. The molecule has 3 heteroatoms. The topological polar surface area (TPSA) is 12.0 Å². The number of halogens is 2. The van der Waals surface area contributed by atoms with E-state index in [0.29, 0.717) is 23.5 Å². The summed E-state index contributed by atoms with van der Waals surface area (Å²) in [6, 6.07) is 4.92. The third-order valence-electron chi connectivity index (χ3n) is 2.63. The van der Waals surface area contributed by atoms with Crippen molar-refractivity contribution in [3.63, 3.8) is 0 Å². The van der Waals surface area contributed by atoms with Crippen molar-refractivity contribution in [2.24, 2.45) is 5.92 Å². The second-order valence-corrected chi connectivity index (χ2v) is 4.56. The Balaban J connectivity index is 2.58. The maximum atomic E-state index is 12.8. The molecule has 1 atom stereocenters. The quantitative estimate of drug-likeness (QED) is 0.832. The van der Waals surface area contributed by atoms with Crippen molar-refractivity contribution < 1.29 is 4.39 Å². The Bertz CT molecular complexity index is 325. The van der Waals surface area contributed by atoms with Gasteiger partial charge in [0, 0.05) is 17.6 Å². The van der Waals surface area contributed by atoms with Crippen LogP contribution in [0.25, 0.3) is 0 Å². The lowest BCUT2D eigenvalue weighted by atomic mass is 10.1. The van der Waals surface area contributed by atoms with Gasteiger partial charge in [-0.1, -0.05) is 31.5 Å². The van der Waals surface area contributed by atoms with Crippen LogP contribution in [0.5, 0.6) is 0 Å². The highest BCUT2D eigenvalue weighted by molar-refractivity contribution is 6.31. The molecule has 0 bridgehead atoms. The van der Waals surface area contributed by atoms with Crippen LogP contribution < -0.4 is 5.32 Å². The Labute approximate surface area is 95.6 Å². The molecule has 1 N–H and O–H groups in total. The first-order valence-electron chi connectivity index (χ1n) is 5.18. The molecule has 1 aromatic carbocycles. The maximum Gasteiger partial charge on any atom is 0.124 e. The standard InChI is InChI=1S/C12H17ClFN/c1-8(2)9(3)15-7-10-4-5-11(14)6-12(10)13/h4-6,8-9,15H,7H2,1-3H3. The summed E-state index contributed by atoms with van der Waals surface area (Å²) in [4.78, 5) is 0. The van der Waals surface area contributed by atoms with Gasteiger partial charge in [-0.25, -0.2) is 4.39 Å². The smallest absolute Gasteiger partial charge is 0.124 e. The maximum absolute atomic E-state index is 12.8. The van der Waals surface area contributed by atoms with Crippen molar-refractivity contribution >= 4 is 11.6 Å². The third kappa shape index (κ3) is 3.80. The van der Waals surface area contributed by atoms with Crippen LogP contribution in [-0.4, -0.2) is 6.04 Å². The Morgan fingerprint density at radius 2 is 2.00 bits per heavy atom. The van der Waals surface area contributed by atoms with E-state index in [9.17, 15) is 4.39 Å². The molecule has 15 heavy (non-hydrogen) atoms. The van der Waals surface area contributed by atoms with E-state index in [1.54, 1.807) is 6.07 Å². The second-order valence-electron chi connectivity index (χ2n) is 4.15. The van der Waals surface area contributed by atoms with E-state index in [0.717, 1.165) is 5.56 Å². The highest BCUT2D eigenvalue weighted by Crippen LogP contribution is 2.17. The Hall–Kier alpha value is -0.600. The molecule has 0 aliphatic rings. The summed E-state index contributed by atoms with van der Waals surface area (Å²) in [5.74, 6) is 0.282. The number of benzene rings is 1. The summed E-state index contributed by atoms with van der Waals surface area (Å²) in [7, 11) is 0. The fourth-order valence-corrected chi connectivity index (χ4v) is 1.41. The lowest BCUT2D eigenvalue weighted by molar-refractivity contribution is 0.426. The zero-order valence-electron chi connectivity index (χ0n) is 9.35. The van der Waals surface area contributed by atoms with Gasteiger partial charge in [0.1, 0.15) is 5.82 Å². The van der Waals surface area contributed by atoms with Crippen molar-refractivity contribution in [3.8, 4) is 0 Å². The molecule has 0 saturated heterocycles. The van der Waals surface area contributed by atoms with Crippen molar-refractivity contribution in [1.29, 1.82) is 0 Å². The molecule has 1 aromatic rings. The van der Waals surface area contributed by atoms with Crippen LogP contribution in [-0.2, 0) is 6.54 Å². The van der Waals surface area contributed by atoms with Crippen molar-refractivity contribution in [2.75, 3.05) is 0 Å². The van der Waals surface area contributed by atoms with E-state index >= 15 is 0 Å². The van der Waals surface area contributed by atoms with Gasteiger partial charge in [-0.3, -0.25) is 0 Å². The first-order valence-corrected chi connectivity index (χ1v) is 5.56. The molecular formula is C12H17ClFN. The van der Waals surface area contributed by atoms with Crippen LogP contribution in [0, 0.1) is 11.7 Å². The lowest BCUT2D eigenvalue weighted by Gasteiger charge is -2.17. The average Bonchev–Trinajstić information content (AvgIpc) is 2.15. The van der Waals surface area contributed by atoms with Crippen LogP contribution in [0.2, 0.25) is 5.02 Å². The van der Waals surface area contributed by atoms with Crippen molar-refractivity contribution in [3.05, 3.63) is 34.6 Å². The van der Waals surface area contributed by atoms with Crippen LogP contribution in [0.1, 0.15) is 26.3 Å². The highest BCUT2D eigenvalue weighted by atomic mass is 35.5. The summed E-state index contributed by atoms with van der Waals surface area (Å²) in [6.45, 7) is 7.12. The van der Waals surface area contributed by atoms with Gasteiger partial charge >= 0.3 is 0 Å². The molecule has 1 rings (SSSR count). The van der Waals surface area contributed by atoms with Gasteiger partial charge in [0.25, 0.3) is 0 Å². The summed E-state index contributed by atoms with van der Waals surface area (Å²) in [6.07, 6.45) is 0. The van der Waals surface area contributed by atoms with Gasteiger partial charge in [0.05, 0.1) is 0 Å². The predicted octanol–water partition coefficient (Wildman–Crippen LogP) is 3.61. The Kier molecular flexibility index (Phi) is 4.55. The van der Waals surface area contributed by atoms with E-state index in [4.69, 9.17) is 11.6 Å². The monoisotopic (exact) mass is 229 g/mol. The van der Waals surface area contributed by atoms with Gasteiger partial charge in [0.2, 0.25) is 0 Å². The fourth-order valence-electron chi connectivity index (χ4n) is 1.17. The van der Waals surface area contributed by atoms with Gasteiger partial charge in [0.15, 0.2) is 0 Å². The molecule has 0 saturated carbocycles. The number of hydrogen-bond donors (Lipinski definition) is 1. The van der Waals surface area contributed by atoms with Crippen LogP contribution in [0.15, 0.2) is 18.2 Å². The van der Waals surface area contributed by atoms with E-state index in [2.05, 4.69) is 26.1 Å². The summed E-state index contributed by atoms with van der Waals surface area (Å²) in [5, 5.41) is 3.84. The normalized spacial score (nSPS) is 13.2. The predicted molar refractivity (Wildman–Crippen MR) is 62.5 cm³/mol. The van der Waals surface area contributed by atoms with E-state index in [1.165, 1.54) is 12.1 Å². The minimum atomic E-state index is -0.291. The van der Waals surface area contributed by atoms with E-state index < -0.39 is 0 Å².